The van der Waals surface area contributed by atoms with Gasteiger partial charge < -0.3 is 14.9 Å². The summed E-state index contributed by atoms with van der Waals surface area (Å²) in [5, 5.41) is 19.3. The van der Waals surface area contributed by atoms with Crippen molar-refractivity contribution in [3.05, 3.63) is 53.1 Å². The molecule has 2 atom stereocenters. The second kappa shape index (κ2) is 6.23. The van der Waals surface area contributed by atoms with Gasteiger partial charge in [-0.2, -0.15) is 0 Å². The molecule has 0 saturated carbocycles. The summed E-state index contributed by atoms with van der Waals surface area (Å²) in [7, 11) is 0. The molecule has 0 amide bonds. The molecule has 1 aliphatic carbocycles. The van der Waals surface area contributed by atoms with Gasteiger partial charge in [0.05, 0.1) is 12.0 Å². The first kappa shape index (κ1) is 16.1. The van der Waals surface area contributed by atoms with E-state index < -0.39 is 23.3 Å². The lowest BCUT2D eigenvalue weighted by molar-refractivity contribution is -0.148. The molecule has 2 N–H and O–H groups in total. The predicted molar refractivity (Wildman–Crippen MR) is 81.0 cm³/mol. The Morgan fingerprint density at radius 1 is 1.27 bits per heavy atom. The number of hydrogen-bond donors (Lipinski definition) is 2. The van der Waals surface area contributed by atoms with Crippen LogP contribution in [0.2, 0.25) is 5.02 Å². The normalized spacial score (nSPS) is 23.7. The van der Waals surface area contributed by atoms with Gasteiger partial charge in [-0.15, -0.1) is 0 Å². The third-order valence-electron chi connectivity index (χ3n) is 3.76. The summed E-state index contributed by atoms with van der Waals surface area (Å²) in [4.78, 5) is 22.9. The maximum absolute atomic E-state index is 11.6. The van der Waals surface area contributed by atoms with Gasteiger partial charge in [0.2, 0.25) is 0 Å². The van der Waals surface area contributed by atoms with Gasteiger partial charge in [0.1, 0.15) is 5.75 Å². The molecule has 0 heterocycles. The molecule has 2 unspecified atom stereocenters. The fourth-order valence-corrected chi connectivity index (χ4v) is 2.45. The van der Waals surface area contributed by atoms with E-state index in [-0.39, 0.29) is 12.2 Å². The molecular weight excluding hydrogens is 308 g/mol. The van der Waals surface area contributed by atoms with E-state index in [1.165, 1.54) is 25.2 Å². The third kappa shape index (κ3) is 3.14. The Morgan fingerprint density at radius 2 is 1.91 bits per heavy atom. The standard InChI is InChI=1S/C16H15ClO5/c1-16(15(20)21)8-2-3-12(14(18)19)13(16)9-22-11-6-4-10(17)5-7-11/h2-8,13H,9H2,1H3,(H,18,19)(H,20,21). The summed E-state index contributed by atoms with van der Waals surface area (Å²) in [6, 6.07) is 6.57. The van der Waals surface area contributed by atoms with Crippen molar-refractivity contribution < 1.29 is 24.5 Å². The van der Waals surface area contributed by atoms with Crippen molar-refractivity contribution in [2.75, 3.05) is 6.61 Å². The number of carboxylic acid groups (broad SMARTS) is 2. The Hall–Kier alpha value is -2.27. The monoisotopic (exact) mass is 322 g/mol. The Kier molecular flexibility index (Phi) is 4.56. The van der Waals surface area contributed by atoms with Crippen LogP contribution in [-0.2, 0) is 9.59 Å². The zero-order valence-corrected chi connectivity index (χ0v) is 12.6. The first-order chi connectivity index (χ1) is 10.3. The molecule has 1 aliphatic rings. The smallest absolute Gasteiger partial charge is 0.332 e. The molecule has 2 rings (SSSR count). The minimum atomic E-state index is -1.34. The van der Waals surface area contributed by atoms with E-state index in [0.29, 0.717) is 10.8 Å². The van der Waals surface area contributed by atoms with E-state index in [4.69, 9.17) is 16.3 Å². The quantitative estimate of drug-likeness (QED) is 0.870. The van der Waals surface area contributed by atoms with Crippen LogP contribution >= 0.6 is 11.6 Å². The molecule has 0 aliphatic heterocycles. The molecule has 0 bridgehead atoms. The summed E-state index contributed by atoms with van der Waals surface area (Å²) in [5.41, 5.74) is -1.32. The first-order valence-electron chi connectivity index (χ1n) is 6.59. The highest BCUT2D eigenvalue weighted by Crippen LogP contribution is 2.38. The van der Waals surface area contributed by atoms with Gasteiger partial charge >= 0.3 is 11.9 Å². The third-order valence-corrected chi connectivity index (χ3v) is 4.01. The van der Waals surface area contributed by atoms with Crippen LogP contribution in [0.5, 0.6) is 5.75 Å². The zero-order chi connectivity index (χ0) is 16.3. The molecular formula is C16H15ClO5. The summed E-state index contributed by atoms with van der Waals surface area (Å²) in [6.07, 6.45) is 4.34. The average Bonchev–Trinajstić information content (AvgIpc) is 2.47. The van der Waals surface area contributed by atoms with E-state index >= 15 is 0 Å². The van der Waals surface area contributed by atoms with Gasteiger partial charge in [0.15, 0.2) is 0 Å². The van der Waals surface area contributed by atoms with E-state index in [1.54, 1.807) is 24.3 Å². The van der Waals surface area contributed by atoms with Crippen LogP contribution < -0.4 is 4.74 Å². The molecule has 0 fully saturated rings. The van der Waals surface area contributed by atoms with Crippen LogP contribution in [0.3, 0.4) is 0 Å². The van der Waals surface area contributed by atoms with Crippen LogP contribution in [0.1, 0.15) is 6.92 Å². The maximum Gasteiger partial charge on any atom is 0.332 e. The second-order valence-electron chi connectivity index (χ2n) is 5.19. The van der Waals surface area contributed by atoms with Crippen LogP contribution in [0, 0.1) is 11.3 Å². The average molecular weight is 323 g/mol. The summed E-state index contributed by atoms with van der Waals surface area (Å²) >= 11 is 5.78. The molecule has 0 aromatic heterocycles. The van der Waals surface area contributed by atoms with Gasteiger partial charge in [-0.25, -0.2) is 4.79 Å². The number of carbonyl (C=O) groups is 2. The number of carboxylic acids is 2. The largest absolute Gasteiger partial charge is 0.493 e. The summed E-state index contributed by atoms with van der Waals surface area (Å²) in [6.45, 7) is 1.42. The van der Waals surface area contributed by atoms with Crippen molar-refractivity contribution in [1.82, 2.24) is 0 Å². The molecule has 0 radical (unpaired) electrons. The molecule has 1 aromatic carbocycles. The summed E-state index contributed by atoms with van der Waals surface area (Å²) < 4.78 is 5.57. The topological polar surface area (TPSA) is 83.8 Å². The minimum absolute atomic E-state index is 0.0152. The van der Waals surface area contributed by atoms with Crippen molar-refractivity contribution in [2.45, 2.75) is 6.92 Å². The van der Waals surface area contributed by atoms with Gasteiger partial charge in [0, 0.05) is 16.5 Å². The second-order valence-corrected chi connectivity index (χ2v) is 5.63. The number of aliphatic carboxylic acids is 2. The van der Waals surface area contributed by atoms with Gasteiger partial charge in [0.25, 0.3) is 0 Å². The van der Waals surface area contributed by atoms with Crippen LogP contribution in [0.25, 0.3) is 0 Å². The number of halogens is 1. The Balaban J connectivity index is 2.24. The van der Waals surface area contributed by atoms with E-state index in [0.717, 1.165) is 0 Å². The number of allylic oxidation sites excluding steroid dienone is 2. The lowest BCUT2D eigenvalue weighted by atomic mass is 9.70. The Morgan fingerprint density at radius 3 is 2.45 bits per heavy atom. The van der Waals surface area contributed by atoms with Crippen LogP contribution in [0.4, 0.5) is 0 Å². The lowest BCUT2D eigenvalue weighted by Gasteiger charge is -2.33. The fraction of sp³-hybridized carbons (Fsp3) is 0.250. The molecule has 5 nitrogen and oxygen atoms in total. The maximum atomic E-state index is 11.6. The first-order valence-corrected chi connectivity index (χ1v) is 6.97. The van der Waals surface area contributed by atoms with Gasteiger partial charge in [-0.1, -0.05) is 29.8 Å². The number of rotatable bonds is 5. The Bertz CT molecular complexity index is 647. The molecule has 116 valence electrons. The summed E-state index contributed by atoms with van der Waals surface area (Å²) in [5.74, 6) is -2.55. The van der Waals surface area contributed by atoms with E-state index in [9.17, 15) is 19.8 Å². The predicted octanol–water partition coefficient (Wildman–Crippen LogP) is 3.01. The highest BCUT2D eigenvalue weighted by molar-refractivity contribution is 6.30. The van der Waals surface area contributed by atoms with E-state index in [2.05, 4.69) is 0 Å². The molecule has 0 spiro atoms. The Labute approximate surface area is 132 Å². The van der Waals surface area contributed by atoms with Gasteiger partial charge in [-0.05, 0) is 31.2 Å². The number of ether oxygens (including phenoxy) is 1. The number of hydrogen-bond acceptors (Lipinski definition) is 3. The SMILES string of the molecule is CC1(C(=O)O)C=CC=C(C(=O)O)C1COc1ccc(Cl)cc1. The molecule has 22 heavy (non-hydrogen) atoms. The molecule has 1 aromatic rings. The van der Waals surface area contributed by atoms with Crippen molar-refractivity contribution in [3.63, 3.8) is 0 Å². The lowest BCUT2D eigenvalue weighted by Crippen LogP contribution is -2.41. The van der Waals surface area contributed by atoms with Crippen LogP contribution in [-0.4, -0.2) is 28.8 Å². The molecule has 0 saturated heterocycles. The van der Waals surface area contributed by atoms with Gasteiger partial charge in [-0.3, -0.25) is 4.79 Å². The van der Waals surface area contributed by atoms with Crippen molar-refractivity contribution >= 4 is 23.5 Å². The van der Waals surface area contributed by atoms with Crippen molar-refractivity contribution in [2.24, 2.45) is 11.3 Å². The van der Waals surface area contributed by atoms with Crippen molar-refractivity contribution in [3.8, 4) is 5.75 Å². The highest BCUT2D eigenvalue weighted by Gasteiger charge is 2.45. The molecule has 6 heteroatoms. The van der Waals surface area contributed by atoms with E-state index in [1.807, 2.05) is 0 Å². The highest BCUT2D eigenvalue weighted by atomic mass is 35.5. The zero-order valence-electron chi connectivity index (χ0n) is 11.8. The number of benzene rings is 1. The van der Waals surface area contributed by atoms with Crippen molar-refractivity contribution in [1.29, 1.82) is 0 Å². The van der Waals surface area contributed by atoms with Crippen LogP contribution in [0.15, 0.2) is 48.1 Å². The fourth-order valence-electron chi connectivity index (χ4n) is 2.32. The minimum Gasteiger partial charge on any atom is -0.493 e.